The highest BCUT2D eigenvalue weighted by molar-refractivity contribution is 9.10. The van der Waals surface area contributed by atoms with Crippen molar-refractivity contribution in [3.63, 3.8) is 0 Å². The maximum Gasteiger partial charge on any atom is 0.262 e. The molecule has 2 amide bonds. The highest BCUT2D eigenvalue weighted by Gasteiger charge is 2.17. The highest BCUT2D eigenvalue weighted by Crippen LogP contribution is 2.16. The van der Waals surface area contributed by atoms with E-state index in [-0.39, 0.29) is 5.91 Å². The van der Waals surface area contributed by atoms with E-state index in [0.717, 1.165) is 12.0 Å². The van der Waals surface area contributed by atoms with Gasteiger partial charge in [0.2, 0.25) is 0 Å². The molecule has 0 bridgehead atoms. The number of carbonyl (C=O) groups excluding carboxylic acids is 2. The van der Waals surface area contributed by atoms with Crippen LogP contribution in [0, 0.1) is 0 Å². The molecule has 7 heteroatoms. The zero-order valence-electron chi connectivity index (χ0n) is 15.2. The number of halogens is 1. The van der Waals surface area contributed by atoms with Crippen LogP contribution in [-0.4, -0.2) is 30.7 Å². The molecule has 27 heavy (non-hydrogen) atoms. The van der Waals surface area contributed by atoms with Crippen LogP contribution in [0.1, 0.15) is 36.2 Å². The third kappa shape index (κ3) is 6.21. The van der Waals surface area contributed by atoms with E-state index in [4.69, 9.17) is 4.74 Å². The molecule has 2 N–H and O–H groups in total. The Morgan fingerprint density at radius 3 is 2.63 bits per heavy atom. The molecule has 0 aliphatic heterocycles. The molecule has 0 aromatic heterocycles. The summed E-state index contributed by atoms with van der Waals surface area (Å²) in [4.78, 5) is 24.4. The maximum atomic E-state index is 12.2. The fourth-order valence-electron chi connectivity index (χ4n) is 2.18. The lowest BCUT2D eigenvalue weighted by atomic mass is 10.2. The van der Waals surface area contributed by atoms with E-state index in [1.807, 2.05) is 37.3 Å². The largest absolute Gasteiger partial charge is 0.493 e. The summed E-state index contributed by atoms with van der Waals surface area (Å²) in [6.07, 6.45) is 2.42. The minimum absolute atomic E-state index is 0.340. The zero-order chi connectivity index (χ0) is 19.6. The van der Waals surface area contributed by atoms with Crippen LogP contribution in [0.15, 0.2) is 58.1 Å². The first-order chi connectivity index (χ1) is 13.0. The van der Waals surface area contributed by atoms with Crippen molar-refractivity contribution in [2.24, 2.45) is 5.10 Å². The number of rotatable bonds is 8. The van der Waals surface area contributed by atoms with Gasteiger partial charge in [-0.15, -0.1) is 0 Å². The number of amides is 2. The quantitative estimate of drug-likeness (QED) is 0.495. The van der Waals surface area contributed by atoms with Crippen molar-refractivity contribution in [3.05, 3.63) is 64.1 Å². The first kappa shape index (κ1) is 20.6. The Labute approximate surface area is 167 Å². The molecule has 1 unspecified atom stereocenters. The molecule has 0 heterocycles. The summed E-state index contributed by atoms with van der Waals surface area (Å²) in [5.41, 5.74) is 3.66. The van der Waals surface area contributed by atoms with Crippen LogP contribution in [0.5, 0.6) is 5.75 Å². The molecular weight excluding hydrogens is 410 g/mol. The summed E-state index contributed by atoms with van der Waals surface area (Å²) in [6, 6.07) is 13.7. The van der Waals surface area contributed by atoms with Crippen molar-refractivity contribution in [2.45, 2.75) is 26.3 Å². The molecule has 0 radical (unpaired) electrons. The predicted octanol–water partition coefficient (Wildman–Crippen LogP) is 3.51. The molecule has 0 spiro atoms. The molecule has 0 saturated heterocycles. The van der Waals surface area contributed by atoms with Gasteiger partial charge in [0.25, 0.3) is 11.8 Å². The molecule has 1 atom stereocenters. The van der Waals surface area contributed by atoms with E-state index in [2.05, 4.69) is 31.8 Å². The Morgan fingerprint density at radius 2 is 1.89 bits per heavy atom. The van der Waals surface area contributed by atoms with Gasteiger partial charge in [-0.3, -0.25) is 9.59 Å². The first-order valence-electron chi connectivity index (χ1n) is 8.63. The molecule has 0 saturated carbocycles. The smallest absolute Gasteiger partial charge is 0.262 e. The predicted molar refractivity (Wildman–Crippen MR) is 109 cm³/mol. The van der Waals surface area contributed by atoms with Gasteiger partial charge in [-0.05, 0) is 53.5 Å². The lowest BCUT2D eigenvalue weighted by Crippen LogP contribution is -2.43. The van der Waals surface area contributed by atoms with Crippen molar-refractivity contribution in [1.29, 1.82) is 0 Å². The third-order valence-corrected chi connectivity index (χ3v) is 4.31. The van der Waals surface area contributed by atoms with Crippen LogP contribution < -0.4 is 15.5 Å². The summed E-state index contributed by atoms with van der Waals surface area (Å²) >= 11 is 3.32. The lowest BCUT2D eigenvalue weighted by molar-refractivity contribution is -0.122. The van der Waals surface area contributed by atoms with Crippen LogP contribution in [-0.2, 0) is 4.79 Å². The second-order valence-electron chi connectivity index (χ2n) is 5.80. The highest BCUT2D eigenvalue weighted by atomic mass is 79.9. The second kappa shape index (κ2) is 10.5. The molecule has 142 valence electrons. The van der Waals surface area contributed by atoms with Gasteiger partial charge in [-0.25, -0.2) is 5.43 Å². The number of carbonyl (C=O) groups is 2. The van der Waals surface area contributed by atoms with E-state index in [1.54, 1.807) is 25.1 Å². The summed E-state index contributed by atoms with van der Waals surface area (Å²) in [6.45, 7) is 4.23. The van der Waals surface area contributed by atoms with Crippen molar-refractivity contribution in [1.82, 2.24) is 10.7 Å². The number of hydrogen-bond donors (Lipinski definition) is 2. The first-order valence-corrected chi connectivity index (χ1v) is 9.42. The number of nitrogens with one attached hydrogen (secondary N) is 2. The lowest BCUT2D eigenvalue weighted by Gasteiger charge is -2.13. The minimum atomic E-state index is -0.742. The van der Waals surface area contributed by atoms with Gasteiger partial charge in [0.05, 0.1) is 18.4 Å². The number of ether oxygens (including phenoxy) is 1. The number of hydrogen-bond acceptors (Lipinski definition) is 4. The number of hydrazone groups is 1. The van der Waals surface area contributed by atoms with Gasteiger partial charge < -0.3 is 10.1 Å². The topological polar surface area (TPSA) is 79.8 Å². The normalized spacial score (nSPS) is 11.8. The van der Waals surface area contributed by atoms with Crippen molar-refractivity contribution >= 4 is 34.0 Å². The fraction of sp³-hybridized carbons (Fsp3) is 0.250. The average Bonchev–Trinajstić information content (AvgIpc) is 2.67. The van der Waals surface area contributed by atoms with E-state index in [0.29, 0.717) is 22.4 Å². The van der Waals surface area contributed by atoms with Gasteiger partial charge >= 0.3 is 0 Å². The van der Waals surface area contributed by atoms with Crippen molar-refractivity contribution in [2.75, 3.05) is 6.61 Å². The van der Waals surface area contributed by atoms with Crippen LogP contribution in [0.2, 0.25) is 0 Å². The van der Waals surface area contributed by atoms with E-state index in [1.165, 1.54) is 6.21 Å². The van der Waals surface area contributed by atoms with Crippen molar-refractivity contribution < 1.29 is 14.3 Å². The summed E-state index contributed by atoms with van der Waals surface area (Å²) < 4.78 is 6.30. The SMILES string of the molecule is CCCOc1ccccc1C=NNC(=O)C(C)NC(=O)c1ccccc1Br. The fourth-order valence-corrected chi connectivity index (χ4v) is 2.64. The van der Waals surface area contributed by atoms with Crippen LogP contribution in [0.25, 0.3) is 0 Å². The maximum absolute atomic E-state index is 12.2. The molecular formula is C20H22BrN3O3. The number of nitrogens with zero attached hydrogens (tertiary/aromatic N) is 1. The van der Waals surface area contributed by atoms with E-state index >= 15 is 0 Å². The number of benzene rings is 2. The molecule has 2 aromatic carbocycles. The Balaban J connectivity index is 1.92. The summed E-state index contributed by atoms with van der Waals surface area (Å²) in [5, 5.41) is 6.61. The van der Waals surface area contributed by atoms with Gasteiger partial charge in [-0.2, -0.15) is 5.10 Å². The second-order valence-corrected chi connectivity index (χ2v) is 6.65. The third-order valence-electron chi connectivity index (χ3n) is 3.62. The van der Waals surface area contributed by atoms with Gasteiger partial charge in [0.15, 0.2) is 0 Å². The Kier molecular flexibility index (Phi) is 8.00. The Bertz CT molecular complexity index is 824. The molecule has 0 aliphatic carbocycles. The van der Waals surface area contributed by atoms with Gasteiger partial charge in [0.1, 0.15) is 11.8 Å². The zero-order valence-corrected chi connectivity index (χ0v) is 16.8. The molecule has 0 aliphatic rings. The van der Waals surface area contributed by atoms with Crippen LogP contribution in [0.4, 0.5) is 0 Å². The van der Waals surface area contributed by atoms with E-state index in [9.17, 15) is 9.59 Å². The molecule has 2 aromatic rings. The minimum Gasteiger partial charge on any atom is -0.493 e. The van der Waals surface area contributed by atoms with Crippen LogP contribution >= 0.6 is 15.9 Å². The Morgan fingerprint density at radius 1 is 1.19 bits per heavy atom. The molecule has 0 fully saturated rings. The summed E-state index contributed by atoms with van der Waals surface area (Å²) in [7, 11) is 0. The monoisotopic (exact) mass is 431 g/mol. The van der Waals surface area contributed by atoms with Gasteiger partial charge in [0, 0.05) is 10.0 Å². The number of para-hydroxylation sites is 1. The Hall–Kier alpha value is -2.67. The average molecular weight is 432 g/mol. The van der Waals surface area contributed by atoms with E-state index < -0.39 is 11.9 Å². The molecule has 2 rings (SSSR count). The van der Waals surface area contributed by atoms with Crippen molar-refractivity contribution in [3.8, 4) is 5.75 Å². The summed E-state index contributed by atoms with van der Waals surface area (Å²) in [5.74, 6) is -0.0568. The standard InChI is InChI=1S/C20H22BrN3O3/c1-3-12-27-18-11-7-4-8-15(18)13-22-24-19(25)14(2)23-20(26)16-9-5-6-10-17(16)21/h4-11,13-14H,3,12H2,1-2H3,(H,23,26)(H,24,25). The molecule has 6 nitrogen and oxygen atoms in total. The van der Waals surface area contributed by atoms with Crippen LogP contribution in [0.3, 0.4) is 0 Å². The van der Waals surface area contributed by atoms with Gasteiger partial charge in [-0.1, -0.05) is 31.2 Å².